The van der Waals surface area contributed by atoms with E-state index in [1.165, 1.54) is 122 Å². The first-order valence-corrected chi connectivity index (χ1v) is 34.3. The van der Waals surface area contributed by atoms with Crippen LogP contribution in [-0.2, 0) is 0 Å². The molecule has 2 heteroatoms. The number of likely N-dealkylation sites (tertiary alicyclic amines) is 1. The summed E-state index contributed by atoms with van der Waals surface area (Å²) in [4.78, 5) is 6.29. The van der Waals surface area contributed by atoms with Crippen LogP contribution in [0.15, 0.2) is 0 Å². The molecule has 0 radical (unpaired) electrons. The molecule has 408 valence electrons. The van der Waals surface area contributed by atoms with Crippen molar-refractivity contribution in [3.8, 4) is 0 Å². The fourth-order valence-corrected chi connectivity index (χ4v) is 22.8. The minimum atomic E-state index is 0.750. The van der Waals surface area contributed by atoms with Crippen molar-refractivity contribution in [1.29, 1.82) is 0 Å². The summed E-state index contributed by atoms with van der Waals surface area (Å²) < 4.78 is 0. The third kappa shape index (κ3) is 12.0. The Morgan fingerprint density at radius 1 is 0.507 bits per heavy atom. The average Bonchev–Trinajstić information content (AvgIpc) is 4.01. The van der Waals surface area contributed by atoms with Crippen LogP contribution in [0.25, 0.3) is 0 Å². The van der Waals surface area contributed by atoms with Gasteiger partial charge in [0.25, 0.3) is 0 Å². The van der Waals surface area contributed by atoms with Gasteiger partial charge in [0.1, 0.15) is 0 Å². The Bertz CT molecular complexity index is 1540. The number of hydrogen-bond acceptors (Lipinski definition) is 2. The molecule has 0 bridgehead atoms. The van der Waals surface area contributed by atoms with Crippen molar-refractivity contribution in [3.05, 3.63) is 0 Å². The maximum Gasteiger partial charge on any atom is 0.0132 e. The molecule has 1 heterocycles. The minimum absolute atomic E-state index is 0.750. The zero-order valence-corrected chi connectivity index (χ0v) is 48.6. The van der Waals surface area contributed by atoms with E-state index in [1.54, 1.807) is 148 Å². The van der Waals surface area contributed by atoms with Gasteiger partial charge in [-0.1, -0.05) is 157 Å². The largest absolute Gasteiger partial charge is 0.300 e. The van der Waals surface area contributed by atoms with Crippen molar-refractivity contribution in [1.82, 2.24) is 9.80 Å². The Hall–Kier alpha value is -0.0800. The molecule has 9 saturated carbocycles. The SMILES string of the molecule is CCC(CCCC1CCC(C2CCCC(C3(C4CCC(C5CCCCC5)CC4)C4CCCCC4C4CCCC43)C2)CC1)N1C(C)CC(C(C)CN(CCCC(C)C(C)C)C2CCCCC2)C2CCCCC21. The molecular weight excluding hydrogens is 857 g/mol. The predicted octanol–water partition coefficient (Wildman–Crippen LogP) is 19.8. The monoisotopic (exact) mass is 979 g/mol. The van der Waals surface area contributed by atoms with Crippen LogP contribution in [-0.4, -0.2) is 47.1 Å². The molecule has 10 aliphatic rings. The maximum atomic E-state index is 3.22. The van der Waals surface area contributed by atoms with Crippen LogP contribution in [0, 0.1) is 100 Å². The third-order valence-electron chi connectivity index (χ3n) is 26.5. The summed E-state index contributed by atoms with van der Waals surface area (Å²) in [6.07, 6.45) is 62.0. The van der Waals surface area contributed by atoms with Crippen LogP contribution < -0.4 is 0 Å². The molecule has 1 saturated heterocycles. The van der Waals surface area contributed by atoms with Gasteiger partial charge in [0.05, 0.1) is 0 Å². The Morgan fingerprint density at radius 3 is 1.80 bits per heavy atom. The van der Waals surface area contributed by atoms with Gasteiger partial charge in [-0.05, 0) is 248 Å². The summed E-state index contributed by atoms with van der Waals surface area (Å²) in [5.74, 6) is 16.4. The number of fused-ring (bicyclic) bond motifs is 4. The van der Waals surface area contributed by atoms with Gasteiger partial charge in [0.2, 0.25) is 0 Å². The zero-order chi connectivity index (χ0) is 48.9. The molecule has 10 fully saturated rings. The summed E-state index contributed by atoms with van der Waals surface area (Å²) in [6, 6.07) is 3.30. The average molecular weight is 980 g/mol. The van der Waals surface area contributed by atoms with E-state index >= 15 is 0 Å². The van der Waals surface area contributed by atoms with Gasteiger partial charge in [0.15, 0.2) is 0 Å². The lowest BCUT2D eigenvalue weighted by molar-refractivity contribution is -0.0860. The van der Waals surface area contributed by atoms with E-state index in [0.717, 1.165) is 124 Å². The zero-order valence-electron chi connectivity index (χ0n) is 48.6. The van der Waals surface area contributed by atoms with Crippen molar-refractivity contribution >= 4 is 0 Å². The lowest BCUT2D eigenvalue weighted by Crippen LogP contribution is -2.59. The van der Waals surface area contributed by atoms with E-state index in [-0.39, 0.29) is 0 Å². The molecule has 2 nitrogen and oxygen atoms in total. The van der Waals surface area contributed by atoms with Gasteiger partial charge >= 0.3 is 0 Å². The number of piperidine rings is 1. The van der Waals surface area contributed by atoms with E-state index in [0.29, 0.717) is 0 Å². The van der Waals surface area contributed by atoms with E-state index in [9.17, 15) is 0 Å². The van der Waals surface area contributed by atoms with Gasteiger partial charge in [-0.15, -0.1) is 0 Å². The molecule has 10 rings (SSSR count). The van der Waals surface area contributed by atoms with E-state index in [1.807, 2.05) is 0 Å². The fraction of sp³-hybridized carbons (Fsp3) is 1.00. The second-order valence-electron chi connectivity index (χ2n) is 30.0. The summed E-state index contributed by atoms with van der Waals surface area (Å²) in [5.41, 5.74) is 0.750. The predicted molar refractivity (Wildman–Crippen MR) is 306 cm³/mol. The topological polar surface area (TPSA) is 6.48 Å². The second kappa shape index (κ2) is 25.6. The lowest BCUT2D eigenvalue weighted by atomic mass is 9.47. The molecule has 0 N–H and O–H groups in total. The van der Waals surface area contributed by atoms with Crippen LogP contribution >= 0.6 is 0 Å². The second-order valence-corrected chi connectivity index (χ2v) is 30.0. The summed E-state index contributed by atoms with van der Waals surface area (Å²) in [7, 11) is 0. The van der Waals surface area contributed by atoms with Crippen LogP contribution in [0.2, 0.25) is 0 Å². The fourth-order valence-electron chi connectivity index (χ4n) is 22.8. The number of hydrogen-bond donors (Lipinski definition) is 0. The molecule has 71 heavy (non-hydrogen) atoms. The van der Waals surface area contributed by atoms with Gasteiger partial charge in [-0.2, -0.15) is 0 Å². The molecule has 14 atom stereocenters. The van der Waals surface area contributed by atoms with E-state index in [2.05, 4.69) is 51.3 Å². The van der Waals surface area contributed by atoms with Crippen molar-refractivity contribution in [2.24, 2.45) is 100 Å². The quantitative estimate of drug-likeness (QED) is 0.127. The molecular formula is C69H122N2. The number of nitrogens with zero attached hydrogens (tertiary/aromatic N) is 2. The number of rotatable bonds is 19. The van der Waals surface area contributed by atoms with Gasteiger partial charge < -0.3 is 4.90 Å². The Balaban J connectivity index is 0.727. The molecule has 14 unspecified atom stereocenters. The summed E-state index contributed by atoms with van der Waals surface area (Å²) in [5, 5.41) is 0. The van der Waals surface area contributed by atoms with Gasteiger partial charge in [0, 0.05) is 30.7 Å². The highest BCUT2D eigenvalue weighted by Crippen LogP contribution is 2.73. The lowest BCUT2D eigenvalue weighted by Gasteiger charge is -2.57. The highest BCUT2D eigenvalue weighted by molar-refractivity contribution is 5.15. The first-order valence-electron chi connectivity index (χ1n) is 34.3. The molecule has 0 aromatic carbocycles. The highest BCUT2D eigenvalue weighted by atomic mass is 15.2. The van der Waals surface area contributed by atoms with Crippen molar-refractivity contribution in [3.63, 3.8) is 0 Å². The molecule has 9 aliphatic carbocycles. The Kier molecular flexibility index (Phi) is 19.6. The Morgan fingerprint density at radius 2 is 1.08 bits per heavy atom. The smallest absolute Gasteiger partial charge is 0.0132 e. The van der Waals surface area contributed by atoms with Crippen LogP contribution in [0.1, 0.15) is 298 Å². The highest BCUT2D eigenvalue weighted by Gasteiger charge is 2.66. The van der Waals surface area contributed by atoms with Crippen molar-refractivity contribution < 1.29 is 0 Å². The van der Waals surface area contributed by atoms with Crippen molar-refractivity contribution in [2.75, 3.05) is 13.1 Å². The molecule has 1 aliphatic heterocycles. The van der Waals surface area contributed by atoms with Crippen LogP contribution in [0.4, 0.5) is 0 Å². The Labute approximate surface area is 443 Å². The maximum absolute atomic E-state index is 3.22. The van der Waals surface area contributed by atoms with Gasteiger partial charge in [-0.25, -0.2) is 0 Å². The van der Waals surface area contributed by atoms with Gasteiger partial charge in [-0.3, -0.25) is 4.90 Å². The summed E-state index contributed by atoms with van der Waals surface area (Å²) >= 11 is 0. The first-order chi connectivity index (χ1) is 34.7. The standard InChI is InChI=1S/C69H122N2/c1-7-60(71-52(6)46-65(64-32-15-17-36-68(64)71)51(5)48-70(61-28-12-9-13-29-61)45-21-22-50(4)49(2)3)30-18-23-53-37-39-56(40-38-53)57-26-19-27-59(47-57)69(58-43-41-55(42-44-58)54-24-10-8-11-25-54)66-34-16-14-31-62(66)63-33-20-35-67(63)69/h49-68H,7-48H2,1-6H3. The normalized spacial score (nSPS) is 42.4. The minimum Gasteiger partial charge on any atom is -0.300 e. The molecule has 0 spiro atoms. The van der Waals surface area contributed by atoms with Crippen LogP contribution in [0.5, 0.6) is 0 Å². The third-order valence-corrected chi connectivity index (χ3v) is 26.5. The first kappa shape index (κ1) is 54.3. The van der Waals surface area contributed by atoms with Crippen LogP contribution in [0.3, 0.4) is 0 Å². The summed E-state index contributed by atoms with van der Waals surface area (Å²) in [6.45, 7) is 18.1. The molecule has 0 aromatic rings. The van der Waals surface area contributed by atoms with E-state index in [4.69, 9.17) is 0 Å². The van der Waals surface area contributed by atoms with E-state index < -0.39 is 0 Å². The van der Waals surface area contributed by atoms with Crippen molar-refractivity contribution in [2.45, 2.75) is 323 Å². The molecule has 0 amide bonds. The molecule has 0 aromatic heterocycles.